The summed E-state index contributed by atoms with van der Waals surface area (Å²) in [6.45, 7) is 0. The van der Waals surface area contributed by atoms with Crippen LogP contribution in [0.2, 0.25) is 5.02 Å². The van der Waals surface area contributed by atoms with Gasteiger partial charge in [0.05, 0.1) is 26.4 Å². The van der Waals surface area contributed by atoms with Gasteiger partial charge < -0.3 is 19.3 Å². The Balaban J connectivity index is 1.51. The number of anilines is 1. The zero-order valence-corrected chi connectivity index (χ0v) is 26.7. The molecular formula is C33H36ClN3O7S. The van der Waals surface area contributed by atoms with E-state index >= 15 is 0 Å². The first-order valence-electron chi connectivity index (χ1n) is 14.8. The van der Waals surface area contributed by atoms with Crippen molar-refractivity contribution in [3.8, 4) is 22.9 Å². The molecule has 0 radical (unpaired) electrons. The molecule has 0 spiro atoms. The molecular weight excluding hydrogens is 618 g/mol. The van der Waals surface area contributed by atoms with E-state index in [-0.39, 0.29) is 36.3 Å². The molecule has 238 valence electrons. The Morgan fingerprint density at radius 1 is 1.07 bits per heavy atom. The largest absolute Gasteiger partial charge is 0.497 e. The van der Waals surface area contributed by atoms with Crippen molar-refractivity contribution in [2.24, 2.45) is 0 Å². The smallest absolute Gasteiger partial charge is 0.264 e. The Bertz CT molecular complexity index is 1750. The molecule has 45 heavy (non-hydrogen) atoms. The number of aromatic nitrogens is 2. The van der Waals surface area contributed by atoms with Crippen molar-refractivity contribution in [2.45, 2.75) is 56.8 Å². The summed E-state index contributed by atoms with van der Waals surface area (Å²) in [5, 5.41) is 7.81. The number of halogens is 1. The number of nitrogens with zero attached hydrogens (tertiary/aromatic N) is 2. The van der Waals surface area contributed by atoms with Gasteiger partial charge in [-0.2, -0.15) is 13.4 Å². The average Bonchev–Trinajstić information content (AvgIpc) is 3.75. The van der Waals surface area contributed by atoms with Gasteiger partial charge in [-0.1, -0.05) is 47.4 Å². The fourth-order valence-electron chi connectivity index (χ4n) is 5.37. The van der Waals surface area contributed by atoms with Crippen LogP contribution < -0.4 is 14.8 Å². The van der Waals surface area contributed by atoms with Crippen molar-refractivity contribution in [1.29, 1.82) is 0 Å². The van der Waals surface area contributed by atoms with E-state index in [1.807, 2.05) is 48.5 Å². The normalized spacial score (nSPS) is 13.8. The van der Waals surface area contributed by atoms with Gasteiger partial charge in [0.15, 0.2) is 0 Å². The molecule has 3 aromatic carbocycles. The van der Waals surface area contributed by atoms with Crippen molar-refractivity contribution in [1.82, 2.24) is 10.1 Å². The third-order valence-corrected chi connectivity index (χ3v) is 9.03. The van der Waals surface area contributed by atoms with Gasteiger partial charge in [-0.15, -0.1) is 0 Å². The topological polar surface area (TPSA) is 141 Å². The number of amides is 1. The van der Waals surface area contributed by atoms with E-state index in [4.69, 9.17) is 30.6 Å². The lowest BCUT2D eigenvalue weighted by Gasteiger charge is -2.22. The minimum Gasteiger partial charge on any atom is -0.497 e. The van der Waals surface area contributed by atoms with Gasteiger partial charge >= 0.3 is 0 Å². The lowest BCUT2D eigenvalue weighted by Crippen LogP contribution is -2.15. The average molecular weight is 654 g/mol. The summed E-state index contributed by atoms with van der Waals surface area (Å²) in [6.07, 6.45) is 4.03. The van der Waals surface area contributed by atoms with Gasteiger partial charge in [0.25, 0.3) is 10.1 Å². The molecule has 1 aliphatic rings. The van der Waals surface area contributed by atoms with E-state index in [2.05, 4.69) is 10.5 Å². The molecule has 2 N–H and O–H groups in total. The number of rotatable bonds is 15. The molecule has 12 heteroatoms. The summed E-state index contributed by atoms with van der Waals surface area (Å²) in [6, 6.07) is 18.4. The van der Waals surface area contributed by atoms with E-state index in [1.165, 1.54) is 0 Å². The lowest BCUT2D eigenvalue weighted by atomic mass is 9.84. The molecule has 0 bridgehead atoms. The molecule has 1 amide bonds. The Morgan fingerprint density at radius 3 is 2.58 bits per heavy atom. The quantitative estimate of drug-likeness (QED) is 0.104. The molecule has 1 unspecified atom stereocenters. The number of nitrogens with one attached hydrogen (secondary N) is 1. The van der Waals surface area contributed by atoms with Crippen molar-refractivity contribution in [2.75, 3.05) is 25.3 Å². The fraction of sp³-hybridized carbons (Fsp3) is 0.364. The van der Waals surface area contributed by atoms with Crippen LogP contribution >= 0.6 is 11.6 Å². The number of carbonyl (C=O) groups excluding carboxylic acids is 1. The summed E-state index contributed by atoms with van der Waals surface area (Å²) in [4.78, 5) is 17.8. The van der Waals surface area contributed by atoms with Crippen molar-refractivity contribution < 1.29 is 31.8 Å². The van der Waals surface area contributed by atoms with Crippen LogP contribution in [-0.2, 0) is 27.8 Å². The summed E-state index contributed by atoms with van der Waals surface area (Å²) in [5.41, 5.74) is 3.84. The molecule has 1 fully saturated rings. The zero-order valence-electron chi connectivity index (χ0n) is 25.2. The second-order valence-electron chi connectivity index (χ2n) is 11.2. The maximum atomic E-state index is 13.1. The van der Waals surface area contributed by atoms with E-state index in [0.29, 0.717) is 53.2 Å². The van der Waals surface area contributed by atoms with Crippen molar-refractivity contribution >= 4 is 33.3 Å². The number of ether oxygens (including phenoxy) is 2. The number of unbranched alkanes of at least 4 members (excludes halogenated alkanes) is 1. The monoisotopic (exact) mass is 653 g/mol. The first-order chi connectivity index (χ1) is 21.6. The van der Waals surface area contributed by atoms with Crippen LogP contribution in [0.5, 0.6) is 11.5 Å². The van der Waals surface area contributed by atoms with Crippen LogP contribution in [0.25, 0.3) is 11.4 Å². The lowest BCUT2D eigenvalue weighted by molar-refractivity contribution is -0.115. The van der Waals surface area contributed by atoms with Gasteiger partial charge in [0, 0.05) is 28.3 Å². The Morgan fingerprint density at radius 2 is 1.87 bits per heavy atom. The third-order valence-electron chi connectivity index (χ3n) is 7.86. The third kappa shape index (κ3) is 8.84. The Kier molecular flexibility index (Phi) is 10.4. The van der Waals surface area contributed by atoms with Crippen molar-refractivity contribution in [3.63, 3.8) is 0 Å². The van der Waals surface area contributed by atoms with E-state index < -0.39 is 10.1 Å². The highest BCUT2D eigenvalue weighted by atomic mass is 35.5. The highest BCUT2D eigenvalue weighted by molar-refractivity contribution is 7.85. The van der Waals surface area contributed by atoms with Crippen molar-refractivity contribution in [3.05, 3.63) is 88.3 Å². The molecule has 0 aliphatic heterocycles. The molecule has 1 heterocycles. The van der Waals surface area contributed by atoms with Gasteiger partial charge in [-0.05, 0) is 85.0 Å². The molecule has 1 saturated carbocycles. The highest BCUT2D eigenvalue weighted by Crippen LogP contribution is 2.41. The fourth-order valence-corrected chi connectivity index (χ4v) is 6.14. The van der Waals surface area contributed by atoms with Crippen LogP contribution in [0.3, 0.4) is 0 Å². The standard InChI is InChI=1S/C33H36ClN3O7S/c1-42-26-14-12-24(30(20-26)43-2)17-22(7-5-6-16-45(39,40)41)28-19-25(35-31(38)18-23-8-3-4-9-29(23)34)13-15-27(28)32-36-33(44-37-32)21-10-11-21/h3-4,8-9,12-15,19-22H,5-7,10-11,16-18H2,1-2H3,(H,35,38)(H,39,40,41). The number of benzene rings is 3. The van der Waals surface area contributed by atoms with Crippen LogP contribution in [0.4, 0.5) is 5.69 Å². The second-order valence-corrected chi connectivity index (χ2v) is 13.2. The molecule has 0 saturated heterocycles. The summed E-state index contributed by atoms with van der Waals surface area (Å²) in [7, 11) is -0.903. The Hall–Kier alpha value is -3.93. The highest BCUT2D eigenvalue weighted by Gasteiger charge is 2.31. The van der Waals surface area contributed by atoms with Crippen LogP contribution in [-0.4, -0.2) is 49.0 Å². The predicted octanol–water partition coefficient (Wildman–Crippen LogP) is 6.85. The van der Waals surface area contributed by atoms with E-state index in [0.717, 1.165) is 35.1 Å². The van der Waals surface area contributed by atoms with Crippen LogP contribution in [0.15, 0.2) is 65.2 Å². The minimum absolute atomic E-state index is 0.106. The summed E-state index contributed by atoms with van der Waals surface area (Å²) >= 11 is 6.29. The predicted molar refractivity (Wildman–Crippen MR) is 172 cm³/mol. The molecule has 1 atom stereocenters. The van der Waals surface area contributed by atoms with E-state index in [1.54, 1.807) is 26.4 Å². The minimum atomic E-state index is -4.09. The molecule has 1 aliphatic carbocycles. The maximum Gasteiger partial charge on any atom is 0.264 e. The molecule has 4 aromatic rings. The second kappa shape index (κ2) is 14.4. The molecule has 1 aromatic heterocycles. The number of methoxy groups -OCH3 is 2. The van der Waals surface area contributed by atoms with E-state index in [9.17, 15) is 17.8 Å². The van der Waals surface area contributed by atoms with Crippen LogP contribution in [0.1, 0.15) is 66.5 Å². The van der Waals surface area contributed by atoms with Crippen LogP contribution in [0, 0.1) is 0 Å². The van der Waals surface area contributed by atoms with Gasteiger partial charge in [-0.3, -0.25) is 9.35 Å². The first-order valence-corrected chi connectivity index (χ1v) is 16.8. The molecule has 5 rings (SSSR count). The first kappa shape index (κ1) is 32.5. The summed E-state index contributed by atoms with van der Waals surface area (Å²) < 4.78 is 48.8. The van der Waals surface area contributed by atoms with Gasteiger partial charge in [-0.25, -0.2) is 0 Å². The molecule has 10 nitrogen and oxygen atoms in total. The number of carbonyl (C=O) groups is 1. The number of hydrogen-bond acceptors (Lipinski definition) is 8. The zero-order chi connectivity index (χ0) is 32.0. The SMILES string of the molecule is COc1ccc(CC(CCCCS(=O)(=O)O)c2cc(NC(=O)Cc3ccccc3Cl)ccc2-c2noc(C3CC3)n2)c(OC)c1. The van der Waals surface area contributed by atoms with Gasteiger partial charge in [0.2, 0.25) is 17.6 Å². The summed E-state index contributed by atoms with van der Waals surface area (Å²) in [5.74, 6) is 1.91. The van der Waals surface area contributed by atoms with Gasteiger partial charge in [0.1, 0.15) is 11.5 Å². The maximum absolute atomic E-state index is 13.1. The Labute approximate surface area is 267 Å². The number of hydrogen-bond donors (Lipinski definition) is 2.